The predicted octanol–water partition coefficient (Wildman–Crippen LogP) is 2.99. The first-order chi connectivity index (χ1) is 9.10. The van der Waals surface area contributed by atoms with Crippen LogP contribution in [0, 0.1) is 5.92 Å². The average Bonchev–Trinajstić information content (AvgIpc) is 3.21. The number of nitrogens with zero attached hydrogens (tertiary/aromatic N) is 2. The van der Waals surface area contributed by atoms with Gasteiger partial charge in [-0.2, -0.15) is 0 Å². The first-order valence-corrected chi connectivity index (χ1v) is 7.53. The second kappa shape index (κ2) is 6.38. The summed E-state index contributed by atoms with van der Waals surface area (Å²) < 4.78 is 0. The maximum absolute atomic E-state index is 4.75. The molecule has 1 aromatic rings. The Labute approximate surface area is 117 Å². The Morgan fingerprint density at radius 3 is 2.68 bits per heavy atom. The molecule has 0 amide bonds. The summed E-state index contributed by atoms with van der Waals surface area (Å²) in [5, 5.41) is 3.52. The fourth-order valence-electron chi connectivity index (χ4n) is 2.25. The lowest BCUT2D eigenvalue weighted by molar-refractivity contribution is 0.552. The Morgan fingerprint density at radius 1 is 1.37 bits per heavy atom. The molecule has 0 aliphatic heterocycles. The van der Waals surface area contributed by atoms with Crippen LogP contribution in [0.2, 0.25) is 0 Å². The van der Waals surface area contributed by atoms with Gasteiger partial charge in [-0.1, -0.05) is 20.8 Å². The minimum atomic E-state index is 0.695. The van der Waals surface area contributed by atoms with Gasteiger partial charge in [-0.3, -0.25) is 0 Å². The Kier molecular flexibility index (Phi) is 4.81. The van der Waals surface area contributed by atoms with E-state index in [2.05, 4.69) is 50.2 Å². The highest BCUT2D eigenvalue weighted by Crippen LogP contribution is 2.29. The molecule has 1 fully saturated rings. The van der Waals surface area contributed by atoms with Gasteiger partial charge in [0.15, 0.2) is 0 Å². The first-order valence-electron chi connectivity index (χ1n) is 7.53. The molecule has 19 heavy (non-hydrogen) atoms. The van der Waals surface area contributed by atoms with E-state index in [1.165, 1.54) is 24.1 Å². The molecule has 1 aliphatic carbocycles. The molecule has 0 bridgehead atoms. The summed E-state index contributed by atoms with van der Waals surface area (Å²) in [5.41, 5.74) is 2.56. The maximum Gasteiger partial charge on any atom is 0.129 e. The van der Waals surface area contributed by atoms with Crippen LogP contribution in [0.4, 0.5) is 5.82 Å². The number of nitrogens with one attached hydrogen (secondary N) is 1. The zero-order valence-corrected chi connectivity index (χ0v) is 12.7. The van der Waals surface area contributed by atoms with Gasteiger partial charge >= 0.3 is 0 Å². The van der Waals surface area contributed by atoms with Gasteiger partial charge < -0.3 is 10.2 Å². The van der Waals surface area contributed by atoms with Crippen molar-refractivity contribution in [2.45, 2.75) is 52.6 Å². The molecule has 0 radical (unpaired) electrons. The van der Waals surface area contributed by atoms with Crippen molar-refractivity contribution in [2.75, 3.05) is 18.5 Å². The maximum atomic E-state index is 4.75. The summed E-state index contributed by atoms with van der Waals surface area (Å²) in [6, 6.07) is 5.19. The fraction of sp³-hybridized carbons (Fsp3) is 0.688. The summed E-state index contributed by atoms with van der Waals surface area (Å²) >= 11 is 0. The van der Waals surface area contributed by atoms with E-state index in [0.717, 1.165) is 31.4 Å². The highest BCUT2D eigenvalue weighted by Gasteiger charge is 2.27. The second-order valence-electron chi connectivity index (χ2n) is 6.05. The minimum Gasteiger partial charge on any atom is -0.357 e. The van der Waals surface area contributed by atoms with E-state index in [9.17, 15) is 0 Å². The molecular weight excluding hydrogens is 234 g/mol. The van der Waals surface area contributed by atoms with Crippen molar-refractivity contribution in [1.29, 1.82) is 0 Å². The van der Waals surface area contributed by atoms with Crippen LogP contribution in [0.15, 0.2) is 12.1 Å². The molecule has 0 saturated heterocycles. The molecule has 0 spiro atoms. The van der Waals surface area contributed by atoms with Crippen LogP contribution in [0.25, 0.3) is 0 Å². The Morgan fingerprint density at radius 2 is 2.11 bits per heavy atom. The molecule has 1 aliphatic rings. The van der Waals surface area contributed by atoms with Crippen molar-refractivity contribution < 1.29 is 0 Å². The molecule has 3 nitrogen and oxygen atoms in total. The summed E-state index contributed by atoms with van der Waals surface area (Å²) in [4.78, 5) is 7.09. The number of anilines is 1. The molecule has 3 heteroatoms. The first kappa shape index (κ1) is 14.3. The van der Waals surface area contributed by atoms with Crippen molar-refractivity contribution in [3.8, 4) is 0 Å². The summed E-state index contributed by atoms with van der Waals surface area (Å²) in [6.07, 6.45) is 3.63. The number of aromatic nitrogens is 1. The van der Waals surface area contributed by atoms with Gasteiger partial charge in [0.25, 0.3) is 0 Å². The smallest absolute Gasteiger partial charge is 0.129 e. The molecule has 2 rings (SSSR count). The second-order valence-corrected chi connectivity index (χ2v) is 6.05. The van der Waals surface area contributed by atoms with Crippen molar-refractivity contribution in [3.63, 3.8) is 0 Å². The third kappa shape index (κ3) is 4.20. The SMILES string of the molecule is CCc1cc(CNCC(C)C)cc(N(C)C2CC2)n1. The molecule has 1 N–H and O–H groups in total. The molecule has 106 valence electrons. The summed E-state index contributed by atoms with van der Waals surface area (Å²) in [6.45, 7) is 8.66. The third-order valence-corrected chi connectivity index (χ3v) is 3.62. The van der Waals surface area contributed by atoms with E-state index in [0.29, 0.717) is 5.92 Å². The summed E-state index contributed by atoms with van der Waals surface area (Å²) in [5.74, 6) is 1.84. The molecule has 0 atom stereocenters. The van der Waals surface area contributed by atoms with Crippen LogP contribution in [-0.4, -0.2) is 24.6 Å². The van der Waals surface area contributed by atoms with Gasteiger partial charge in [0.1, 0.15) is 5.82 Å². The lowest BCUT2D eigenvalue weighted by Crippen LogP contribution is -2.23. The van der Waals surface area contributed by atoms with Gasteiger partial charge in [0, 0.05) is 25.3 Å². The van der Waals surface area contributed by atoms with Crippen LogP contribution in [-0.2, 0) is 13.0 Å². The van der Waals surface area contributed by atoms with E-state index in [1.807, 2.05) is 0 Å². The Bertz CT molecular complexity index is 410. The van der Waals surface area contributed by atoms with E-state index < -0.39 is 0 Å². The van der Waals surface area contributed by atoms with Crippen molar-refractivity contribution in [3.05, 3.63) is 23.4 Å². The van der Waals surface area contributed by atoms with Gasteiger partial charge in [0.2, 0.25) is 0 Å². The van der Waals surface area contributed by atoms with Crippen molar-refractivity contribution >= 4 is 5.82 Å². The Balaban J connectivity index is 2.06. The highest BCUT2D eigenvalue weighted by molar-refractivity contribution is 5.44. The number of hydrogen-bond acceptors (Lipinski definition) is 3. The van der Waals surface area contributed by atoms with E-state index in [1.54, 1.807) is 0 Å². The number of rotatable bonds is 7. The topological polar surface area (TPSA) is 28.2 Å². The number of pyridine rings is 1. The molecule has 1 aromatic heterocycles. The van der Waals surface area contributed by atoms with Gasteiger partial charge in [0.05, 0.1) is 0 Å². The van der Waals surface area contributed by atoms with E-state index in [4.69, 9.17) is 4.98 Å². The van der Waals surface area contributed by atoms with Gasteiger partial charge in [-0.15, -0.1) is 0 Å². The average molecular weight is 261 g/mol. The Hall–Kier alpha value is -1.09. The predicted molar refractivity (Wildman–Crippen MR) is 81.6 cm³/mol. The van der Waals surface area contributed by atoms with E-state index in [-0.39, 0.29) is 0 Å². The fourth-order valence-corrected chi connectivity index (χ4v) is 2.25. The molecule has 1 heterocycles. The monoisotopic (exact) mass is 261 g/mol. The molecular formula is C16H27N3. The lowest BCUT2D eigenvalue weighted by atomic mass is 10.1. The number of hydrogen-bond donors (Lipinski definition) is 1. The van der Waals surface area contributed by atoms with Crippen LogP contribution < -0.4 is 10.2 Å². The summed E-state index contributed by atoms with van der Waals surface area (Å²) in [7, 11) is 2.17. The minimum absolute atomic E-state index is 0.695. The third-order valence-electron chi connectivity index (χ3n) is 3.62. The standard InChI is InChI=1S/C16H27N3/c1-5-14-8-13(11-17-10-12(2)3)9-16(18-14)19(4)15-6-7-15/h8-9,12,15,17H,5-7,10-11H2,1-4H3. The normalized spacial score (nSPS) is 15.0. The van der Waals surface area contributed by atoms with Crippen LogP contribution in [0.3, 0.4) is 0 Å². The van der Waals surface area contributed by atoms with Crippen LogP contribution in [0.1, 0.15) is 44.9 Å². The zero-order chi connectivity index (χ0) is 13.8. The zero-order valence-electron chi connectivity index (χ0n) is 12.7. The van der Waals surface area contributed by atoms with E-state index >= 15 is 0 Å². The highest BCUT2D eigenvalue weighted by atomic mass is 15.2. The van der Waals surface area contributed by atoms with Crippen LogP contribution in [0.5, 0.6) is 0 Å². The molecule has 0 unspecified atom stereocenters. The van der Waals surface area contributed by atoms with Crippen LogP contribution >= 0.6 is 0 Å². The van der Waals surface area contributed by atoms with Gasteiger partial charge in [-0.25, -0.2) is 4.98 Å². The molecule has 0 aromatic carbocycles. The molecule has 1 saturated carbocycles. The van der Waals surface area contributed by atoms with Gasteiger partial charge in [-0.05, 0) is 49.4 Å². The van der Waals surface area contributed by atoms with Crippen molar-refractivity contribution in [1.82, 2.24) is 10.3 Å². The largest absolute Gasteiger partial charge is 0.357 e. The lowest BCUT2D eigenvalue weighted by Gasteiger charge is -2.19. The number of aryl methyl sites for hydroxylation is 1. The quantitative estimate of drug-likeness (QED) is 0.818. The van der Waals surface area contributed by atoms with Crippen molar-refractivity contribution in [2.24, 2.45) is 5.92 Å².